The third-order valence-electron chi connectivity index (χ3n) is 4.83. The smallest absolute Gasteiger partial charge is 0.253 e. The van der Waals surface area contributed by atoms with Gasteiger partial charge in [0.05, 0.1) is 11.3 Å². The second kappa shape index (κ2) is 7.60. The Bertz CT molecular complexity index is 984. The lowest BCUT2D eigenvalue weighted by atomic mass is 9.82. The highest BCUT2D eigenvalue weighted by atomic mass is 35.5. The van der Waals surface area contributed by atoms with Crippen LogP contribution in [0.15, 0.2) is 35.6 Å². The lowest BCUT2D eigenvalue weighted by molar-refractivity contribution is 0.0962. The van der Waals surface area contributed by atoms with Crippen molar-refractivity contribution in [1.29, 1.82) is 0 Å². The number of nitrogens with zero attached hydrogens (tertiary/aromatic N) is 4. The molecule has 0 spiro atoms. The number of aromatic nitrogens is 4. The lowest BCUT2D eigenvalue weighted by Crippen LogP contribution is -2.21. The molecule has 0 fully saturated rings. The zero-order valence-electron chi connectivity index (χ0n) is 15.4. The van der Waals surface area contributed by atoms with Gasteiger partial charge in [-0.2, -0.15) is 4.98 Å². The Morgan fingerprint density at radius 1 is 1.22 bits per heavy atom. The van der Waals surface area contributed by atoms with E-state index >= 15 is 0 Å². The number of fused-ring (bicyclic) bond motifs is 2. The molecule has 3 aromatic rings. The van der Waals surface area contributed by atoms with E-state index in [2.05, 4.69) is 28.9 Å². The van der Waals surface area contributed by atoms with Gasteiger partial charge in [0.25, 0.3) is 5.78 Å². The highest BCUT2D eigenvalue weighted by Crippen LogP contribution is 2.32. The zero-order valence-corrected chi connectivity index (χ0v) is 16.9. The molecule has 27 heavy (non-hydrogen) atoms. The van der Waals surface area contributed by atoms with Crippen molar-refractivity contribution in [2.24, 2.45) is 5.92 Å². The molecular weight excluding hydrogens is 380 g/mol. The van der Waals surface area contributed by atoms with Gasteiger partial charge in [0.2, 0.25) is 5.16 Å². The molecule has 0 saturated heterocycles. The Kier molecular flexibility index (Phi) is 5.19. The molecule has 0 aliphatic heterocycles. The van der Waals surface area contributed by atoms with Crippen LogP contribution in [0.5, 0.6) is 0 Å². The van der Waals surface area contributed by atoms with Gasteiger partial charge < -0.3 is 0 Å². The minimum Gasteiger partial charge on any atom is -0.294 e. The number of thioether (sulfide) groups is 1. The standard InChI is InChI=1S/C20H21ClN4OS/c1-12(2)7-8-27-20-23-19-22-17-9-14(13-3-5-15(21)6-4-13)10-18(26)16(17)11-25(19)24-20/h3-6,11-12,14H,7-10H2,1-2H3/t14-/m0/s1. The van der Waals surface area contributed by atoms with E-state index in [1.165, 1.54) is 0 Å². The molecule has 7 heteroatoms. The molecule has 0 amide bonds. The molecule has 1 aliphatic rings. The number of Topliss-reactive ketones (excluding diaryl/α,β-unsaturated/α-hetero) is 1. The molecule has 1 aliphatic carbocycles. The van der Waals surface area contributed by atoms with Gasteiger partial charge in [-0.15, -0.1) is 5.10 Å². The van der Waals surface area contributed by atoms with Gasteiger partial charge in [-0.05, 0) is 42.4 Å². The summed E-state index contributed by atoms with van der Waals surface area (Å²) in [6, 6.07) is 7.72. The first-order valence-corrected chi connectivity index (χ1v) is 10.5. The summed E-state index contributed by atoms with van der Waals surface area (Å²) in [5, 5.41) is 5.89. The van der Waals surface area contributed by atoms with Crippen molar-refractivity contribution in [3.63, 3.8) is 0 Å². The van der Waals surface area contributed by atoms with E-state index in [4.69, 9.17) is 11.6 Å². The molecule has 1 atom stereocenters. The molecule has 0 radical (unpaired) electrons. The quantitative estimate of drug-likeness (QED) is 0.574. The van der Waals surface area contributed by atoms with Gasteiger partial charge >= 0.3 is 0 Å². The molecule has 0 unspecified atom stereocenters. The van der Waals surface area contributed by atoms with Crippen LogP contribution in [-0.2, 0) is 6.42 Å². The predicted octanol–water partition coefficient (Wildman–Crippen LogP) is 4.83. The average Bonchev–Trinajstić information content (AvgIpc) is 3.02. The second-order valence-electron chi connectivity index (χ2n) is 7.35. The Hall–Kier alpha value is -1.92. The molecule has 2 aromatic heterocycles. The summed E-state index contributed by atoms with van der Waals surface area (Å²) in [5.41, 5.74) is 2.59. The fraction of sp³-hybridized carbons (Fsp3) is 0.400. The third kappa shape index (κ3) is 4.01. The molecule has 140 valence electrons. The number of benzene rings is 1. The van der Waals surface area contributed by atoms with E-state index in [0.29, 0.717) is 33.9 Å². The summed E-state index contributed by atoms with van der Waals surface area (Å²) in [6.07, 6.45) is 4.11. The topological polar surface area (TPSA) is 60.1 Å². The molecular formula is C20H21ClN4OS. The van der Waals surface area contributed by atoms with Crippen LogP contribution < -0.4 is 0 Å². The van der Waals surface area contributed by atoms with Gasteiger partial charge in [-0.3, -0.25) is 4.79 Å². The van der Waals surface area contributed by atoms with Crippen LogP contribution in [0.2, 0.25) is 5.02 Å². The first-order valence-electron chi connectivity index (χ1n) is 9.17. The summed E-state index contributed by atoms with van der Waals surface area (Å²) in [5.74, 6) is 2.43. The van der Waals surface area contributed by atoms with Crippen molar-refractivity contribution < 1.29 is 4.79 Å². The Balaban J connectivity index is 1.59. The molecule has 2 heterocycles. The van der Waals surface area contributed by atoms with Crippen LogP contribution in [0.1, 0.15) is 54.2 Å². The molecule has 4 rings (SSSR count). The van der Waals surface area contributed by atoms with E-state index in [1.807, 2.05) is 24.3 Å². The van der Waals surface area contributed by atoms with Gasteiger partial charge in [-0.25, -0.2) is 9.50 Å². The largest absolute Gasteiger partial charge is 0.294 e. The molecule has 1 aromatic carbocycles. The zero-order chi connectivity index (χ0) is 19.0. The number of ketones is 1. The Labute approximate surface area is 167 Å². The van der Waals surface area contributed by atoms with Gasteiger partial charge in [-0.1, -0.05) is 49.3 Å². The highest BCUT2D eigenvalue weighted by molar-refractivity contribution is 7.99. The molecule has 0 saturated carbocycles. The first kappa shape index (κ1) is 18.4. The minimum atomic E-state index is 0.107. The molecule has 5 nitrogen and oxygen atoms in total. The Morgan fingerprint density at radius 2 is 2.00 bits per heavy atom. The van der Waals surface area contributed by atoms with Crippen molar-refractivity contribution in [1.82, 2.24) is 19.6 Å². The number of halogens is 1. The number of carbonyl (C=O) groups excluding carboxylic acids is 1. The maximum absolute atomic E-state index is 12.7. The highest BCUT2D eigenvalue weighted by Gasteiger charge is 2.28. The lowest BCUT2D eigenvalue weighted by Gasteiger charge is -2.23. The summed E-state index contributed by atoms with van der Waals surface area (Å²) in [6.45, 7) is 4.41. The van der Waals surface area contributed by atoms with E-state index in [-0.39, 0.29) is 11.7 Å². The molecule has 0 N–H and O–H groups in total. The van der Waals surface area contributed by atoms with Crippen molar-refractivity contribution in [3.05, 3.63) is 52.3 Å². The minimum absolute atomic E-state index is 0.107. The maximum Gasteiger partial charge on any atom is 0.253 e. The normalized spacial score (nSPS) is 16.9. The average molecular weight is 401 g/mol. The number of hydrogen-bond acceptors (Lipinski definition) is 5. The van der Waals surface area contributed by atoms with Crippen LogP contribution in [-0.4, -0.2) is 31.1 Å². The summed E-state index contributed by atoms with van der Waals surface area (Å²) >= 11 is 7.62. The fourth-order valence-corrected chi connectivity index (χ4v) is 4.47. The van der Waals surface area contributed by atoms with E-state index < -0.39 is 0 Å². The van der Waals surface area contributed by atoms with Gasteiger partial charge in [0.1, 0.15) is 0 Å². The van der Waals surface area contributed by atoms with Crippen molar-refractivity contribution in [2.45, 2.75) is 44.2 Å². The van der Waals surface area contributed by atoms with Crippen molar-refractivity contribution >= 4 is 34.9 Å². The van der Waals surface area contributed by atoms with Crippen LogP contribution >= 0.6 is 23.4 Å². The summed E-state index contributed by atoms with van der Waals surface area (Å²) in [7, 11) is 0. The van der Waals surface area contributed by atoms with Crippen LogP contribution in [0.4, 0.5) is 0 Å². The van der Waals surface area contributed by atoms with Gasteiger partial charge in [0, 0.05) is 23.4 Å². The summed E-state index contributed by atoms with van der Waals surface area (Å²) < 4.78 is 1.64. The summed E-state index contributed by atoms with van der Waals surface area (Å²) in [4.78, 5) is 21.9. The number of rotatable bonds is 5. The van der Waals surface area contributed by atoms with Crippen LogP contribution in [0, 0.1) is 5.92 Å². The van der Waals surface area contributed by atoms with Crippen LogP contribution in [0.25, 0.3) is 5.78 Å². The third-order valence-corrected chi connectivity index (χ3v) is 5.95. The van der Waals surface area contributed by atoms with E-state index in [9.17, 15) is 4.79 Å². The fourth-order valence-electron chi connectivity index (χ4n) is 3.28. The second-order valence-corrected chi connectivity index (χ2v) is 8.85. The SMILES string of the molecule is CC(C)CCSc1nc2nc3c(cn2n1)C(=O)C[C@@H](c1ccc(Cl)cc1)C3. The van der Waals surface area contributed by atoms with Crippen LogP contribution in [0.3, 0.4) is 0 Å². The monoisotopic (exact) mass is 400 g/mol. The first-order chi connectivity index (χ1) is 13.0. The van der Waals surface area contributed by atoms with Crippen molar-refractivity contribution in [2.75, 3.05) is 5.75 Å². The Morgan fingerprint density at radius 3 is 2.74 bits per heavy atom. The van der Waals surface area contributed by atoms with Crippen molar-refractivity contribution in [3.8, 4) is 0 Å². The van der Waals surface area contributed by atoms with E-state index in [0.717, 1.165) is 29.9 Å². The number of hydrogen-bond donors (Lipinski definition) is 0. The molecule has 0 bridgehead atoms. The maximum atomic E-state index is 12.7. The van der Waals surface area contributed by atoms with Gasteiger partial charge in [0.15, 0.2) is 5.78 Å². The number of carbonyl (C=O) groups is 1. The van der Waals surface area contributed by atoms with E-state index in [1.54, 1.807) is 22.5 Å². The predicted molar refractivity (Wildman–Crippen MR) is 108 cm³/mol.